The number of aliphatic hydroxyl groups excluding tert-OH is 3. The van der Waals surface area contributed by atoms with Crippen molar-refractivity contribution in [1.29, 1.82) is 0 Å². The van der Waals surface area contributed by atoms with Crippen molar-refractivity contribution in [2.45, 2.75) is 32.0 Å². The summed E-state index contributed by atoms with van der Waals surface area (Å²) in [6.07, 6.45) is -0.297. The Morgan fingerprint density at radius 2 is 1.33 bits per heavy atom. The van der Waals surface area contributed by atoms with Crippen molar-refractivity contribution in [2.24, 2.45) is 11.8 Å². The second-order valence-electron chi connectivity index (χ2n) is 7.74. The van der Waals surface area contributed by atoms with E-state index in [4.69, 9.17) is 18.9 Å². The van der Waals surface area contributed by atoms with Crippen molar-refractivity contribution in [3.63, 3.8) is 0 Å². The van der Waals surface area contributed by atoms with E-state index >= 15 is 0 Å². The summed E-state index contributed by atoms with van der Waals surface area (Å²) in [4.78, 5) is 0. The van der Waals surface area contributed by atoms with E-state index in [0.29, 0.717) is 41.4 Å². The Bertz CT molecular complexity index is 872. The van der Waals surface area contributed by atoms with E-state index in [1.807, 2.05) is 30.3 Å². The van der Waals surface area contributed by atoms with Gasteiger partial charge in [0.05, 0.1) is 59.5 Å². The summed E-state index contributed by atoms with van der Waals surface area (Å²) in [6.45, 7) is 0.469. The third kappa shape index (κ3) is 3.57. The van der Waals surface area contributed by atoms with Crippen molar-refractivity contribution < 1.29 is 34.3 Å². The Morgan fingerprint density at radius 1 is 0.767 bits per heavy atom. The third-order valence-corrected chi connectivity index (χ3v) is 6.28. The van der Waals surface area contributed by atoms with Crippen molar-refractivity contribution >= 4 is 0 Å². The second-order valence-corrected chi connectivity index (χ2v) is 7.74. The summed E-state index contributed by atoms with van der Waals surface area (Å²) < 4.78 is 23.1. The van der Waals surface area contributed by atoms with Crippen LogP contribution in [-0.2, 0) is 29.3 Å². The molecule has 2 saturated heterocycles. The first-order valence-electron chi connectivity index (χ1n) is 10.1. The van der Waals surface area contributed by atoms with Gasteiger partial charge in [0, 0.05) is 11.8 Å². The van der Waals surface area contributed by atoms with E-state index in [2.05, 4.69) is 0 Å². The van der Waals surface area contributed by atoms with Gasteiger partial charge in [0.25, 0.3) is 0 Å². The normalized spacial score (nSPS) is 25.4. The highest BCUT2D eigenvalue weighted by Crippen LogP contribution is 2.51. The van der Waals surface area contributed by atoms with Gasteiger partial charge in [-0.05, 0) is 39.9 Å². The van der Waals surface area contributed by atoms with E-state index in [1.54, 1.807) is 14.2 Å². The van der Waals surface area contributed by atoms with Crippen LogP contribution in [-0.4, -0.2) is 42.8 Å². The molecule has 3 N–H and O–H groups in total. The molecule has 2 aliphatic rings. The molecule has 0 aliphatic carbocycles. The molecule has 2 aromatic rings. The number of ether oxygens (including phenoxy) is 4. The molecule has 2 fully saturated rings. The van der Waals surface area contributed by atoms with Gasteiger partial charge in [-0.15, -0.1) is 0 Å². The first-order chi connectivity index (χ1) is 14.6. The lowest BCUT2D eigenvalue weighted by atomic mass is 9.83. The molecular formula is C23H28O7. The van der Waals surface area contributed by atoms with Crippen LogP contribution in [0.3, 0.4) is 0 Å². The number of rotatable bonds is 7. The Kier molecular flexibility index (Phi) is 6.26. The highest BCUT2D eigenvalue weighted by Gasteiger charge is 2.48. The van der Waals surface area contributed by atoms with Crippen LogP contribution in [0.25, 0.3) is 0 Å². The Morgan fingerprint density at radius 3 is 1.83 bits per heavy atom. The minimum absolute atomic E-state index is 0.105. The van der Waals surface area contributed by atoms with E-state index in [0.717, 1.165) is 11.1 Å². The average molecular weight is 416 g/mol. The first kappa shape index (κ1) is 21.1. The average Bonchev–Trinajstić information content (AvgIpc) is 3.39. The van der Waals surface area contributed by atoms with Crippen molar-refractivity contribution in [2.75, 3.05) is 27.4 Å². The van der Waals surface area contributed by atoms with Crippen LogP contribution in [0.2, 0.25) is 0 Å². The Balaban J connectivity index is 1.61. The van der Waals surface area contributed by atoms with Crippen LogP contribution in [0, 0.1) is 11.8 Å². The molecule has 0 radical (unpaired) electrons. The number of benzene rings is 2. The van der Waals surface area contributed by atoms with Gasteiger partial charge in [0.2, 0.25) is 0 Å². The third-order valence-electron chi connectivity index (χ3n) is 6.28. The quantitative estimate of drug-likeness (QED) is 0.637. The molecule has 2 aromatic carbocycles. The lowest BCUT2D eigenvalue weighted by Gasteiger charge is -2.20. The Hall–Kier alpha value is -2.16. The molecule has 0 unspecified atom stereocenters. The maximum Gasteiger partial charge on any atom is 0.161 e. The van der Waals surface area contributed by atoms with Gasteiger partial charge in [0.15, 0.2) is 11.5 Å². The predicted octanol–water partition coefficient (Wildman–Crippen LogP) is 2.26. The minimum Gasteiger partial charge on any atom is -0.493 e. The molecule has 0 saturated carbocycles. The standard InChI is InChI=1S/C23H28O7/c1-27-20-4-3-13(7-21(20)28-2)22-18-11-30-23(19(18)12-29-22)14-5-15(8-24)17(10-26)16(6-14)9-25/h3-7,18-19,22-26H,8-12H2,1-2H3/t18-,19-,22-,23+/m0/s1. The monoisotopic (exact) mass is 416 g/mol. The van der Waals surface area contributed by atoms with Gasteiger partial charge in [-0.2, -0.15) is 0 Å². The van der Waals surface area contributed by atoms with Crippen molar-refractivity contribution in [3.8, 4) is 11.5 Å². The van der Waals surface area contributed by atoms with E-state index in [-0.39, 0.29) is 43.9 Å². The van der Waals surface area contributed by atoms with Crippen molar-refractivity contribution in [3.05, 3.63) is 58.1 Å². The number of hydrogen-bond donors (Lipinski definition) is 3. The summed E-state index contributed by atoms with van der Waals surface area (Å²) in [5.74, 6) is 1.67. The molecule has 7 heteroatoms. The number of fused-ring (bicyclic) bond motifs is 1. The van der Waals surface area contributed by atoms with Crippen LogP contribution in [0.15, 0.2) is 30.3 Å². The maximum absolute atomic E-state index is 9.73. The summed E-state index contributed by atoms with van der Waals surface area (Å²) in [5, 5.41) is 29.1. The molecule has 2 aliphatic heterocycles. The molecular weight excluding hydrogens is 388 g/mol. The lowest BCUT2D eigenvalue weighted by Crippen LogP contribution is -2.15. The van der Waals surface area contributed by atoms with Gasteiger partial charge in [-0.1, -0.05) is 18.2 Å². The molecule has 162 valence electrons. The number of methoxy groups -OCH3 is 2. The van der Waals surface area contributed by atoms with Crippen LogP contribution in [0.4, 0.5) is 0 Å². The largest absolute Gasteiger partial charge is 0.493 e. The summed E-state index contributed by atoms with van der Waals surface area (Å²) >= 11 is 0. The van der Waals surface area contributed by atoms with Gasteiger partial charge < -0.3 is 34.3 Å². The zero-order valence-electron chi connectivity index (χ0n) is 17.2. The summed E-state index contributed by atoms with van der Waals surface area (Å²) in [6, 6.07) is 9.55. The summed E-state index contributed by atoms with van der Waals surface area (Å²) in [7, 11) is 3.22. The van der Waals surface area contributed by atoms with Gasteiger partial charge in [0.1, 0.15) is 0 Å². The highest BCUT2D eigenvalue weighted by atomic mass is 16.5. The topological polar surface area (TPSA) is 97.6 Å². The zero-order valence-corrected chi connectivity index (χ0v) is 17.2. The maximum atomic E-state index is 9.73. The van der Waals surface area contributed by atoms with Crippen molar-refractivity contribution in [1.82, 2.24) is 0 Å². The zero-order chi connectivity index (χ0) is 21.3. The lowest BCUT2D eigenvalue weighted by molar-refractivity contribution is 0.0191. The molecule has 0 aromatic heterocycles. The minimum atomic E-state index is -0.228. The fraction of sp³-hybridized carbons (Fsp3) is 0.478. The Labute approximate surface area is 175 Å². The van der Waals surface area contributed by atoms with Gasteiger partial charge >= 0.3 is 0 Å². The molecule has 0 bridgehead atoms. The molecule has 0 spiro atoms. The van der Waals surface area contributed by atoms with Crippen LogP contribution in [0.5, 0.6) is 11.5 Å². The van der Waals surface area contributed by atoms with Crippen LogP contribution in [0.1, 0.15) is 40.0 Å². The molecule has 4 atom stereocenters. The molecule has 4 rings (SSSR count). The molecule has 30 heavy (non-hydrogen) atoms. The molecule has 7 nitrogen and oxygen atoms in total. The number of hydrogen-bond acceptors (Lipinski definition) is 7. The smallest absolute Gasteiger partial charge is 0.161 e. The molecule has 2 heterocycles. The van der Waals surface area contributed by atoms with E-state index in [1.165, 1.54) is 0 Å². The predicted molar refractivity (Wildman–Crippen MR) is 108 cm³/mol. The highest BCUT2D eigenvalue weighted by molar-refractivity contribution is 5.44. The summed E-state index contributed by atoms with van der Waals surface area (Å²) in [5.41, 5.74) is 3.71. The van der Waals surface area contributed by atoms with E-state index < -0.39 is 0 Å². The fourth-order valence-electron chi connectivity index (χ4n) is 4.74. The van der Waals surface area contributed by atoms with Crippen LogP contribution < -0.4 is 9.47 Å². The second kappa shape index (κ2) is 8.91. The SMILES string of the molecule is COc1ccc([C@@H]2OC[C@H]3[C@@H]2CO[C@@H]3c2cc(CO)c(CO)c(CO)c2)cc1OC. The van der Waals surface area contributed by atoms with Crippen LogP contribution >= 0.6 is 0 Å². The van der Waals surface area contributed by atoms with Gasteiger partial charge in [-0.3, -0.25) is 0 Å². The van der Waals surface area contributed by atoms with Gasteiger partial charge in [-0.25, -0.2) is 0 Å². The first-order valence-corrected chi connectivity index (χ1v) is 10.1. The van der Waals surface area contributed by atoms with E-state index in [9.17, 15) is 15.3 Å². The number of aliphatic hydroxyl groups is 3. The molecule has 0 amide bonds. The fourth-order valence-corrected chi connectivity index (χ4v) is 4.74.